The molecule has 4 rings (SSSR count). The molecule has 7 heteroatoms. The lowest BCUT2D eigenvalue weighted by Crippen LogP contribution is -2.62. The third kappa shape index (κ3) is 3.52. The lowest BCUT2D eigenvalue weighted by atomic mass is 9.77. The molecule has 1 aromatic carbocycles. The molecule has 2 unspecified atom stereocenters. The lowest BCUT2D eigenvalue weighted by molar-refractivity contribution is -0.138. The number of aromatic nitrogens is 1. The van der Waals surface area contributed by atoms with Crippen molar-refractivity contribution in [2.75, 3.05) is 13.2 Å². The monoisotopic (exact) mass is 372 g/mol. The highest BCUT2D eigenvalue weighted by Crippen LogP contribution is 2.41. The maximum atomic E-state index is 14.2. The highest BCUT2D eigenvalue weighted by Gasteiger charge is 2.50. The van der Waals surface area contributed by atoms with E-state index in [9.17, 15) is 14.3 Å². The second-order valence-electron chi connectivity index (χ2n) is 7.07. The van der Waals surface area contributed by atoms with Gasteiger partial charge < -0.3 is 14.6 Å². The Hall–Kier alpha value is -2.51. The van der Waals surface area contributed by atoms with Crippen LogP contribution in [0, 0.1) is 5.95 Å². The number of aliphatic hydroxyl groups is 1. The summed E-state index contributed by atoms with van der Waals surface area (Å²) in [6, 6.07) is 11.8. The highest BCUT2D eigenvalue weighted by molar-refractivity contribution is 5.69. The maximum absolute atomic E-state index is 14.2. The zero-order chi connectivity index (χ0) is 18.9. The predicted molar refractivity (Wildman–Crippen MR) is 94.2 cm³/mol. The third-order valence-corrected chi connectivity index (χ3v) is 5.23. The van der Waals surface area contributed by atoms with E-state index < -0.39 is 17.6 Å². The van der Waals surface area contributed by atoms with Crippen LogP contribution in [0.4, 0.5) is 9.18 Å². The summed E-state index contributed by atoms with van der Waals surface area (Å²) in [6.07, 6.45) is 1.26. The quantitative estimate of drug-likeness (QED) is 0.839. The van der Waals surface area contributed by atoms with Crippen LogP contribution in [0.15, 0.2) is 48.7 Å². The van der Waals surface area contributed by atoms with Gasteiger partial charge in [-0.05, 0) is 11.6 Å². The number of halogens is 1. The Labute approximate surface area is 156 Å². The number of hydrogen-bond donors (Lipinski definition) is 1. The SMILES string of the molecule is O=C(OCc1ccccc1)N1C2COCC1CC(O)(c1cccnc1F)C2. The molecule has 2 aliphatic heterocycles. The first kappa shape index (κ1) is 17.9. The van der Waals surface area contributed by atoms with Crippen LogP contribution in [-0.2, 0) is 21.7 Å². The summed E-state index contributed by atoms with van der Waals surface area (Å²) < 4.78 is 25.2. The van der Waals surface area contributed by atoms with Crippen LogP contribution in [0.2, 0.25) is 0 Å². The number of amides is 1. The van der Waals surface area contributed by atoms with Gasteiger partial charge in [-0.15, -0.1) is 0 Å². The molecule has 2 atom stereocenters. The summed E-state index contributed by atoms with van der Waals surface area (Å²) >= 11 is 0. The number of hydrogen-bond acceptors (Lipinski definition) is 5. The zero-order valence-electron chi connectivity index (χ0n) is 14.8. The van der Waals surface area contributed by atoms with E-state index in [1.165, 1.54) is 6.20 Å². The largest absolute Gasteiger partial charge is 0.445 e. The smallest absolute Gasteiger partial charge is 0.410 e. The fraction of sp³-hybridized carbons (Fsp3) is 0.400. The van der Waals surface area contributed by atoms with E-state index in [-0.39, 0.29) is 50.3 Å². The second-order valence-corrected chi connectivity index (χ2v) is 7.07. The fourth-order valence-electron chi connectivity index (χ4n) is 4.02. The molecule has 0 spiro atoms. The molecule has 3 heterocycles. The third-order valence-electron chi connectivity index (χ3n) is 5.23. The summed E-state index contributed by atoms with van der Waals surface area (Å²) in [5.74, 6) is -0.681. The van der Waals surface area contributed by atoms with E-state index in [1.54, 1.807) is 17.0 Å². The van der Waals surface area contributed by atoms with Crippen molar-refractivity contribution in [3.63, 3.8) is 0 Å². The van der Waals surface area contributed by atoms with E-state index in [2.05, 4.69) is 4.98 Å². The highest BCUT2D eigenvalue weighted by atomic mass is 19.1. The Morgan fingerprint density at radius 2 is 1.93 bits per heavy atom. The van der Waals surface area contributed by atoms with Crippen LogP contribution in [0.5, 0.6) is 0 Å². The molecule has 1 aromatic heterocycles. The number of carbonyl (C=O) groups excluding carboxylic acids is 1. The molecule has 2 saturated heterocycles. The van der Waals surface area contributed by atoms with Crippen LogP contribution in [0.1, 0.15) is 24.0 Å². The van der Waals surface area contributed by atoms with E-state index in [4.69, 9.17) is 9.47 Å². The molecule has 2 fully saturated rings. The van der Waals surface area contributed by atoms with Crippen molar-refractivity contribution in [3.8, 4) is 0 Å². The molecule has 6 nitrogen and oxygen atoms in total. The van der Waals surface area contributed by atoms with Crippen molar-refractivity contribution in [3.05, 3.63) is 65.7 Å². The summed E-state index contributed by atoms with van der Waals surface area (Å²) in [7, 11) is 0. The molecular weight excluding hydrogens is 351 g/mol. The Bertz CT molecular complexity index is 803. The Morgan fingerprint density at radius 3 is 2.59 bits per heavy atom. The van der Waals surface area contributed by atoms with Crippen molar-refractivity contribution in [1.29, 1.82) is 0 Å². The zero-order valence-corrected chi connectivity index (χ0v) is 14.8. The first-order valence-corrected chi connectivity index (χ1v) is 8.97. The number of rotatable bonds is 3. The summed E-state index contributed by atoms with van der Waals surface area (Å²) in [5.41, 5.74) is -0.314. The molecule has 0 radical (unpaired) electrons. The number of carbonyl (C=O) groups is 1. The standard InChI is InChI=1S/C20H21FN2O4/c21-18-17(7-4-8-22-18)20(25)9-15-12-26-13-16(10-20)23(15)19(24)27-11-14-5-2-1-3-6-14/h1-8,15-16,25H,9-13H2. The topological polar surface area (TPSA) is 71.9 Å². The normalized spacial score (nSPS) is 27.3. The van der Waals surface area contributed by atoms with Gasteiger partial charge in [0, 0.05) is 24.6 Å². The molecule has 1 N–H and O–H groups in total. The molecule has 2 aliphatic rings. The van der Waals surface area contributed by atoms with Crippen LogP contribution >= 0.6 is 0 Å². The van der Waals surface area contributed by atoms with Crippen LogP contribution in [-0.4, -0.2) is 46.4 Å². The van der Waals surface area contributed by atoms with Crippen LogP contribution in [0.3, 0.4) is 0 Å². The lowest BCUT2D eigenvalue weighted by Gasteiger charge is -2.50. The van der Waals surface area contributed by atoms with Gasteiger partial charge in [0.05, 0.1) is 30.9 Å². The summed E-state index contributed by atoms with van der Waals surface area (Å²) in [4.78, 5) is 18.0. The van der Waals surface area contributed by atoms with Crippen molar-refractivity contribution in [2.24, 2.45) is 0 Å². The van der Waals surface area contributed by atoms with Crippen molar-refractivity contribution >= 4 is 6.09 Å². The molecule has 2 aromatic rings. The number of benzene rings is 1. The van der Waals surface area contributed by atoms with Crippen molar-refractivity contribution in [2.45, 2.75) is 37.1 Å². The van der Waals surface area contributed by atoms with Crippen LogP contribution in [0.25, 0.3) is 0 Å². The van der Waals surface area contributed by atoms with Crippen molar-refractivity contribution in [1.82, 2.24) is 9.88 Å². The molecular formula is C20H21FN2O4. The van der Waals surface area contributed by atoms with Gasteiger partial charge in [0.2, 0.25) is 5.95 Å². The molecule has 0 saturated carbocycles. The number of fused-ring (bicyclic) bond motifs is 2. The Balaban J connectivity index is 1.50. The average molecular weight is 372 g/mol. The van der Waals surface area contributed by atoms with E-state index >= 15 is 0 Å². The minimum atomic E-state index is -1.38. The minimum absolute atomic E-state index is 0.166. The van der Waals surface area contributed by atoms with Gasteiger partial charge in [0.1, 0.15) is 6.61 Å². The number of morpholine rings is 1. The van der Waals surface area contributed by atoms with Gasteiger partial charge in [-0.25, -0.2) is 9.78 Å². The van der Waals surface area contributed by atoms with Gasteiger partial charge in [-0.1, -0.05) is 36.4 Å². The average Bonchev–Trinajstić information content (AvgIpc) is 2.66. The van der Waals surface area contributed by atoms with Crippen LogP contribution < -0.4 is 0 Å². The molecule has 27 heavy (non-hydrogen) atoms. The summed E-state index contributed by atoms with van der Waals surface area (Å²) in [5, 5.41) is 11.1. The fourth-order valence-corrected chi connectivity index (χ4v) is 4.02. The predicted octanol–water partition coefficient (Wildman–Crippen LogP) is 2.61. The number of pyridine rings is 1. The van der Waals surface area contributed by atoms with Gasteiger partial charge in [-0.3, -0.25) is 4.90 Å². The Morgan fingerprint density at radius 1 is 1.22 bits per heavy atom. The van der Waals surface area contributed by atoms with E-state index in [1.807, 2.05) is 30.3 Å². The summed E-state index contributed by atoms with van der Waals surface area (Å²) in [6.45, 7) is 0.736. The molecule has 1 amide bonds. The number of nitrogens with zero attached hydrogens (tertiary/aromatic N) is 2. The maximum Gasteiger partial charge on any atom is 0.410 e. The van der Waals surface area contributed by atoms with Crippen molar-refractivity contribution < 1.29 is 23.8 Å². The first-order chi connectivity index (χ1) is 13.1. The van der Waals surface area contributed by atoms with Gasteiger partial charge in [0.15, 0.2) is 0 Å². The number of piperidine rings is 1. The van der Waals surface area contributed by atoms with Gasteiger partial charge >= 0.3 is 6.09 Å². The minimum Gasteiger partial charge on any atom is -0.445 e. The van der Waals surface area contributed by atoms with E-state index in [0.717, 1.165) is 5.56 Å². The van der Waals surface area contributed by atoms with E-state index in [0.29, 0.717) is 0 Å². The first-order valence-electron chi connectivity index (χ1n) is 8.97. The number of ether oxygens (including phenoxy) is 2. The second kappa shape index (κ2) is 7.25. The Kier molecular flexibility index (Phi) is 4.80. The van der Waals surface area contributed by atoms with Gasteiger partial charge in [0.25, 0.3) is 0 Å². The van der Waals surface area contributed by atoms with Gasteiger partial charge in [-0.2, -0.15) is 4.39 Å². The molecule has 142 valence electrons. The molecule has 0 aliphatic carbocycles. The molecule has 2 bridgehead atoms.